The third kappa shape index (κ3) is 5.44. The van der Waals surface area contributed by atoms with E-state index in [1.165, 1.54) is 17.3 Å². The number of hydrogen-bond donors (Lipinski definition) is 0. The molecule has 1 amide bonds. The van der Waals surface area contributed by atoms with Crippen LogP contribution in [0.25, 0.3) is 11.8 Å². The first kappa shape index (κ1) is 23.7. The van der Waals surface area contributed by atoms with Crippen LogP contribution in [0.5, 0.6) is 5.75 Å². The summed E-state index contributed by atoms with van der Waals surface area (Å²) < 4.78 is 7.35. The smallest absolute Gasteiger partial charge is 0.266 e. The summed E-state index contributed by atoms with van der Waals surface area (Å²) in [7, 11) is 1.66. The predicted molar refractivity (Wildman–Crippen MR) is 148 cm³/mol. The Hall–Kier alpha value is -4.03. The van der Waals surface area contributed by atoms with Gasteiger partial charge in [0.1, 0.15) is 5.75 Å². The second-order valence-corrected chi connectivity index (χ2v) is 9.40. The predicted octanol–water partition coefficient (Wildman–Crippen LogP) is 6.72. The van der Waals surface area contributed by atoms with Crippen molar-refractivity contribution in [2.75, 3.05) is 13.7 Å². The zero-order chi connectivity index (χ0) is 24.7. The Morgan fingerprint density at radius 2 is 1.61 bits per heavy atom. The second kappa shape index (κ2) is 11.1. The lowest BCUT2D eigenvalue weighted by molar-refractivity contribution is -0.122. The normalized spacial score (nSPS) is 15.7. The Kier molecular flexibility index (Phi) is 7.33. The Balaban J connectivity index is 1.41. The number of nitrogens with zero attached hydrogens (tertiary/aromatic N) is 3. The van der Waals surface area contributed by atoms with Crippen LogP contribution in [0, 0.1) is 0 Å². The van der Waals surface area contributed by atoms with Crippen LogP contribution in [0.3, 0.4) is 0 Å². The Morgan fingerprint density at radius 1 is 0.889 bits per heavy atom. The highest BCUT2D eigenvalue weighted by Gasteiger charge is 2.33. The SMILES string of the molecule is COc1ccc(-n2cccc2/C=C2\SC(=Nc3ccccc3)N(CCCc3ccccc3)C2=O)cc1. The van der Waals surface area contributed by atoms with Crippen molar-refractivity contribution >= 4 is 34.6 Å². The number of ether oxygens (including phenoxy) is 1. The fourth-order valence-corrected chi connectivity index (χ4v) is 5.12. The topological polar surface area (TPSA) is 46.8 Å². The number of aromatic nitrogens is 1. The van der Waals surface area contributed by atoms with Crippen LogP contribution in [-0.2, 0) is 11.2 Å². The van der Waals surface area contributed by atoms with Crippen LogP contribution in [0.4, 0.5) is 5.69 Å². The summed E-state index contributed by atoms with van der Waals surface area (Å²) in [6, 6.07) is 32.0. The van der Waals surface area contributed by atoms with E-state index in [-0.39, 0.29) is 5.91 Å². The maximum atomic E-state index is 13.5. The molecule has 0 radical (unpaired) electrons. The summed E-state index contributed by atoms with van der Waals surface area (Å²) in [5.41, 5.74) is 4.04. The number of benzene rings is 3. The monoisotopic (exact) mass is 493 g/mol. The second-order valence-electron chi connectivity index (χ2n) is 8.39. The molecule has 0 saturated carbocycles. The highest BCUT2D eigenvalue weighted by atomic mass is 32.2. The van der Waals surface area contributed by atoms with Gasteiger partial charge in [-0.2, -0.15) is 0 Å². The van der Waals surface area contributed by atoms with Gasteiger partial charge in [0.15, 0.2) is 5.17 Å². The molecule has 5 nitrogen and oxygen atoms in total. The van der Waals surface area contributed by atoms with Gasteiger partial charge in [-0.15, -0.1) is 0 Å². The van der Waals surface area contributed by atoms with Crippen molar-refractivity contribution in [3.8, 4) is 11.4 Å². The maximum Gasteiger partial charge on any atom is 0.266 e. The van der Waals surface area contributed by atoms with Crippen molar-refractivity contribution in [3.63, 3.8) is 0 Å². The third-order valence-corrected chi connectivity index (χ3v) is 6.98. The lowest BCUT2D eigenvalue weighted by atomic mass is 10.1. The van der Waals surface area contributed by atoms with Crippen molar-refractivity contribution in [2.24, 2.45) is 4.99 Å². The average Bonchev–Trinajstić information content (AvgIpc) is 3.50. The van der Waals surface area contributed by atoms with Crippen molar-refractivity contribution in [1.82, 2.24) is 9.47 Å². The number of amidine groups is 1. The van der Waals surface area contributed by atoms with Crippen LogP contribution in [0.1, 0.15) is 17.7 Å². The molecule has 1 aliphatic heterocycles. The molecule has 180 valence electrons. The number of rotatable bonds is 8. The van der Waals surface area contributed by atoms with E-state index < -0.39 is 0 Å². The van der Waals surface area contributed by atoms with Crippen molar-refractivity contribution < 1.29 is 9.53 Å². The molecule has 0 atom stereocenters. The summed E-state index contributed by atoms with van der Waals surface area (Å²) in [6.07, 6.45) is 5.72. The maximum absolute atomic E-state index is 13.5. The minimum Gasteiger partial charge on any atom is -0.497 e. The van der Waals surface area contributed by atoms with Gasteiger partial charge in [0.05, 0.1) is 17.7 Å². The summed E-state index contributed by atoms with van der Waals surface area (Å²) in [5, 5.41) is 0.716. The van der Waals surface area contributed by atoms with E-state index in [4.69, 9.17) is 9.73 Å². The summed E-state index contributed by atoms with van der Waals surface area (Å²) in [5.74, 6) is 0.797. The Labute approximate surface area is 215 Å². The summed E-state index contributed by atoms with van der Waals surface area (Å²) in [6.45, 7) is 0.614. The lowest BCUT2D eigenvalue weighted by Gasteiger charge is -2.15. The lowest BCUT2D eigenvalue weighted by Crippen LogP contribution is -2.30. The average molecular weight is 494 g/mol. The molecular weight excluding hydrogens is 466 g/mol. The Bertz CT molecular complexity index is 1380. The van der Waals surface area contributed by atoms with Gasteiger partial charge >= 0.3 is 0 Å². The van der Waals surface area contributed by atoms with Gasteiger partial charge in [0.25, 0.3) is 5.91 Å². The molecule has 1 aromatic heterocycles. The molecule has 0 aliphatic carbocycles. The molecule has 4 aromatic rings. The number of para-hydroxylation sites is 1. The van der Waals surface area contributed by atoms with Gasteiger partial charge in [-0.05, 0) is 84.8 Å². The highest BCUT2D eigenvalue weighted by Crippen LogP contribution is 2.35. The molecule has 36 heavy (non-hydrogen) atoms. The van der Waals surface area contributed by atoms with Crippen LogP contribution >= 0.6 is 11.8 Å². The molecule has 3 aromatic carbocycles. The molecule has 1 saturated heterocycles. The van der Waals surface area contributed by atoms with Crippen LogP contribution in [-0.4, -0.2) is 34.2 Å². The van der Waals surface area contributed by atoms with Gasteiger partial charge in [-0.3, -0.25) is 9.69 Å². The Morgan fingerprint density at radius 3 is 2.33 bits per heavy atom. The molecule has 1 fully saturated rings. The molecule has 5 rings (SSSR count). The largest absolute Gasteiger partial charge is 0.497 e. The number of carbonyl (C=O) groups excluding carboxylic acids is 1. The zero-order valence-corrected chi connectivity index (χ0v) is 20.9. The van der Waals surface area contributed by atoms with Crippen molar-refractivity contribution in [3.05, 3.63) is 119 Å². The van der Waals surface area contributed by atoms with E-state index in [1.807, 2.05) is 102 Å². The molecule has 0 bridgehead atoms. The van der Waals surface area contributed by atoms with Gasteiger partial charge in [-0.25, -0.2) is 4.99 Å². The van der Waals surface area contributed by atoms with E-state index >= 15 is 0 Å². The number of carbonyl (C=O) groups is 1. The molecule has 0 spiro atoms. The quantitative estimate of drug-likeness (QED) is 0.256. The van der Waals surface area contributed by atoms with Crippen LogP contribution in [0.15, 0.2) is 113 Å². The van der Waals surface area contributed by atoms with E-state index in [1.54, 1.807) is 7.11 Å². The number of amides is 1. The van der Waals surface area contributed by atoms with E-state index in [0.717, 1.165) is 35.7 Å². The highest BCUT2D eigenvalue weighted by molar-refractivity contribution is 8.18. The molecule has 1 aliphatic rings. The first-order chi connectivity index (χ1) is 17.7. The van der Waals surface area contributed by atoms with Crippen LogP contribution < -0.4 is 4.74 Å². The summed E-state index contributed by atoms with van der Waals surface area (Å²) >= 11 is 1.43. The fraction of sp³-hybridized carbons (Fsp3) is 0.133. The van der Waals surface area contributed by atoms with Crippen LogP contribution in [0.2, 0.25) is 0 Å². The molecular formula is C30H27N3O2S. The van der Waals surface area contributed by atoms with Gasteiger partial charge in [0.2, 0.25) is 0 Å². The van der Waals surface area contributed by atoms with Gasteiger partial charge in [0, 0.05) is 24.1 Å². The number of methoxy groups -OCH3 is 1. The van der Waals surface area contributed by atoms with Crippen molar-refractivity contribution in [2.45, 2.75) is 12.8 Å². The van der Waals surface area contributed by atoms with Gasteiger partial charge in [-0.1, -0.05) is 48.5 Å². The number of aryl methyl sites for hydroxylation is 1. The van der Waals surface area contributed by atoms with E-state index in [2.05, 4.69) is 16.7 Å². The molecule has 2 heterocycles. The standard InChI is InChI=1S/C30H27N3O2S/c1-35-27-18-16-25(17-19-27)32-20-9-15-26(32)22-28-29(34)33(21-8-12-23-10-4-2-5-11-23)30(36-28)31-24-13-6-3-7-14-24/h2-7,9-11,13-20,22H,8,12,21H2,1H3/b28-22-,31-30?. The van der Waals surface area contributed by atoms with Gasteiger partial charge < -0.3 is 9.30 Å². The third-order valence-electron chi connectivity index (χ3n) is 5.97. The fourth-order valence-electron chi connectivity index (χ4n) is 4.11. The molecule has 0 unspecified atom stereocenters. The first-order valence-electron chi connectivity index (χ1n) is 11.9. The minimum absolute atomic E-state index is 0.00905. The van der Waals surface area contributed by atoms with Crippen molar-refractivity contribution in [1.29, 1.82) is 0 Å². The zero-order valence-electron chi connectivity index (χ0n) is 20.1. The molecule has 6 heteroatoms. The minimum atomic E-state index is -0.00905. The number of aliphatic imine (C=N–C) groups is 1. The summed E-state index contributed by atoms with van der Waals surface area (Å²) in [4.78, 5) is 20.8. The first-order valence-corrected chi connectivity index (χ1v) is 12.7. The van der Waals surface area contributed by atoms with E-state index in [0.29, 0.717) is 16.6 Å². The number of hydrogen-bond acceptors (Lipinski definition) is 4. The number of thioether (sulfide) groups is 1. The van der Waals surface area contributed by atoms with E-state index in [9.17, 15) is 4.79 Å². The molecule has 0 N–H and O–H groups in total.